The number of hydrogen-bond acceptors (Lipinski definition) is 3. The van der Waals surface area contributed by atoms with Crippen molar-refractivity contribution in [2.24, 2.45) is 5.92 Å². The third-order valence-electron chi connectivity index (χ3n) is 4.46. The Morgan fingerprint density at radius 2 is 2.00 bits per heavy atom. The summed E-state index contributed by atoms with van der Waals surface area (Å²) in [5.41, 5.74) is 1.71. The van der Waals surface area contributed by atoms with E-state index in [-0.39, 0.29) is 17.5 Å². The van der Waals surface area contributed by atoms with Gasteiger partial charge in [-0.2, -0.15) is 5.26 Å². The van der Waals surface area contributed by atoms with Gasteiger partial charge in [0.2, 0.25) is 0 Å². The summed E-state index contributed by atoms with van der Waals surface area (Å²) in [5, 5.41) is 12.5. The second kappa shape index (κ2) is 8.09. The molecular weight excluding hydrogens is 378 g/mol. The van der Waals surface area contributed by atoms with Crippen molar-refractivity contribution < 1.29 is 4.79 Å². The Kier molecular flexibility index (Phi) is 5.62. The number of aromatic nitrogens is 1. The molecule has 0 aliphatic heterocycles. The zero-order valence-electron chi connectivity index (χ0n) is 13.7. The zero-order valence-corrected chi connectivity index (χ0v) is 15.2. The number of carbonyl (C=O) groups is 1. The molecule has 1 heterocycles. The topological polar surface area (TPSA) is 65.8 Å². The van der Waals surface area contributed by atoms with Gasteiger partial charge in [0.15, 0.2) is 0 Å². The molecule has 1 saturated carbocycles. The number of pyridine rings is 1. The highest BCUT2D eigenvalue weighted by atomic mass is 79.9. The van der Waals surface area contributed by atoms with Gasteiger partial charge in [-0.15, -0.1) is 0 Å². The van der Waals surface area contributed by atoms with Crippen molar-refractivity contribution in [1.29, 1.82) is 5.26 Å². The number of nitriles is 1. The fourth-order valence-corrected chi connectivity index (χ4v) is 3.28. The predicted molar refractivity (Wildman–Crippen MR) is 100 cm³/mol. The van der Waals surface area contributed by atoms with Crippen LogP contribution in [0.5, 0.6) is 0 Å². The standard InChI is InChI=1S/C20H18BrN3O/c21-18-11-5-10-17(23-18)12-16(13-22)20(25)24-19(15-8-4-9-15)14-6-2-1-3-7-14/h1-3,5-7,10-12,15,19H,4,8-9H2,(H,24,25). The first-order valence-corrected chi connectivity index (χ1v) is 9.07. The molecule has 1 aromatic carbocycles. The van der Waals surface area contributed by atoms with Gasteiger partial charge in [0.05, 0.1) is 11.7 Å². The Morgan fingerprint density at radius 1 is 1.24 bits per heavy atom. The average molecular weight is 396 g/mol. The lowest BCUT2D eigenvalue weighted by atomic mass is 9.77. The van der Waals surface area contributed by atoms with Gasteiger partial charge in [0.25, 0.3) is 5.91 Å². The zero-order chi connectivity index (χ0) is 17.6. The molecule has 1 unspecified atom stereocenters. The summed E-state index contributed by atoms with van der Waals surface area (Å²) < 4.78 is 0.663. The molecule has 0 bridgehead atoms. The minimum atomic E-state index is -0.356. The second-order valence-corrected chi connectivity index (χ2v) is 6.92. The van der Waals surface area contributed by atoms with Gasteiger partial charge < -0.3 is 5.32 Å². The number of rotatable bonds is 5. The van der Waals surface area contributed by atoms with Gasteiger partial charge in [-0.25, -0.2) is 4.98 Å². The Balaban J connectivity index is 1.81. The minimum Gasteiger partial charge on any atom is -0.344 e. The van der Waals surface area contributed by atoms with Crippen LogP contribution in [0.4, 0.5) is 0 Å². The summed E-state index contributed by atoms with van der Waals surface area (Å²) in [4.78, 5) is 16.9. The van der Waals surface area contributed by atoms with Crippen molar-refractivity contribution in [3.05, 3.63) is 70.0 Å². The third kappa shape index (κ3) is 4.34. The number of hydrogen-bond donors (Lipinski definition) is 1. The van der Waals surface area contributed by atoms with Crippen LogP contribution < -0.4 is 5.32 Å². The highest BCUT2D eigenvalue weighted by Crippen LogP contribution is 2.37. The predicted octanol–water partition coefficient (Wildman–Crippen LogP) is 4.41. The van der Waals surface area contributed by atoms with Crippen molar-refractivity contribution in [2.75, 3.05) is 0 Å². The lowest BCUT2D eigenvalue weighted by Gasteiger charge is -2.34. The van der Waals surface area contributed by atoms with E-state index < -0.39 is 0 Å². The molecule has 2 aromatic rings. The number of amides is 1. The van der Waals surface area contributed by atoms with Crippen molar-refractivity contribution >= 4 is 27.9 Å². The van der Waals surface area contributed by atoms with E-state index in [0.29, 0.717) is 16.2 Å². The molecule has 126 valence electrons. The largest absolute Gasteiger partial charge is 0.344 e. The summed E-state index contributed by atoms with van der Waals surface area (Å²) in [5.74, 6) is 0.0697. The van der Waals surface area contributed by atoms with Crippen LogP contribution in [0.3, 0.4) is 0 Å². The van der Waals surface area contributed by atoms with Gasteiger partial charge in [-0.1, -0.05) is 42.8 Å². The van der Waals surface area contributed by atoms with E-state index in [4.69, 9.17) is 0 Å². The quantitative estimate of drug-likeness (QED) is 0.463. The van der Waals surface area contributed by atoms with Gasteiger partial charge in [-0.3, -0.25) is 4.79 Å². The van der Waals surface area contributed by atoms with Crippen LogP contribution in [0, 0.1) is 17.2 Å². The normalized spacial score (nSPS) is 15.8. The number of halogens is 1. The molecule has 3 rings (SSSR count). The molecule has 1 atom stereocenters. The van der Waals surface area contributed by atoms with E-state index in [1.165, 1.54) is 12.5 Å². The minimum absolute atomic E-state index is 0.0605. The smallest absolute Gasteiger partial charge is 0.262 e. The number of benzene rings is 1. The summed E-state index contributed by atoms with van der Waals surface area (Å²) >= 11 is 3.29. The molecule has 0 radical (unpaired) electrons. The maximum atomic E-state index is 12.7. The van der Waals surface area contributed by atoms with E-state index in [9.17, 15) is 10.1 Å². The van der Waals surface area contributed by atoms with Crippen molar-refractivity contribution in [1.82, 2.24) is 10.3 Å². The third-order valence-corrected chi connectivity index (χ3v) is 4.90. The van der Waals surface area contributed by atoms with Crippen molar-refractivity contribution in [2.45, 2.75) is 25.3 Å². The van der Waals surface area contributed by atoms with Crippen LogP contribution >= 0.6 is 15.9 Å². The molecule has 1 aliphatic rings. The summed E-state index contributed by atoms with van der Waals surface area (Å²) in [6, 6.07) is 17.3. The molecule has 0 spiro atoms. The van der Waals surface area contributed by atoms with E-state index in [2.05, 4.69) is 26.2 Å². The molecule has 1 amide bonds. The maximum absolute atomic E-state index is 12.7. The first kappa shape index (κ1) is 17.4. The van der Waals surface area contributed by atoms with Gasteiger partial charge in [0, 0.05) is 0 Å². The van der Waals surface area contributed by atoms with Crippen LogP contribution in [-0.2, 0) is 4.79 Å². The lowest BCUT2D eigenvalue weighted by molar-refractivity contribution is -0.118. The fraction of sp³-hybridized carbons (Fsp3) is 0.250. The van der Waals surface area contributed by atoms with Crippen LogP contribution in [0.25, 0.3) is 6.08 Å². The van der Waals surface area contributed by atoms with Crippen LogP contribution in [0.15, 0.2) is 58.7 Å². The van der Waals surface area contributed by atoms with Crippen LogP contribution in [-0.4, -0.2) is 10.9 Å². The van der Waals surface area contributed by atoms with Crippen molar-refractivity contribution in [3.8, 4) is 6.07 Å². The molecule has 1 aliphatic carbocycles. The van der Waals surface area contributed by atoms with E-state index in [1.807, 2.05) is 42.5 Å². The molecule has 0 saturated heterocycles. The van der Waals surface area contributed by atoms with Gasteiger partial charge in [-0.05, 0) is 58.5 Å². The summed E-state index contributed by atoms with van der Waals surface area (Å²) in [6.07, 6.45) is 4.90. The number of nitrogens with one attached hydrogen (secondary N) is 1. The molecule has 1 aromatic heterocycles. The number of carbonyl (C=O) groups excluding carboxylic acids is 1. The average Bonchev–Trinajstić information content (AvgIpc) is 2.58. The van der Waals surface area contributed by atoms with Gasteiger partial charge >= 0.3 is 0 Å². The van der Waals surface area contributed by atoms with E-state index >= 15 is 0 Å². The summed E-state index contributed by atoms with van der Waals surface area (Å²) in [6.45, 7) is 0. The second-order valence-electron chi connectivity index (χ2n) is 6.11. The van der Waals surface area contributed by atoms with Gasteiger partial charge in [0.1, 0.15) is 16.2 Å². The summed E-state index contributed by atoms with van der Waals surface area (Å²) in [7, 11) is 0. The van der Waals surface area contributed by atoms with E-state index in [0.717, 1.165) is 18.4 Å². The Morgan fingerprint density at radius 3 is 2.60 bits per heavy atom. The highest BCUT2D eigenvalue weighted by Gasteiger charge is 2.30. The Hall–Kier alpha value is -2.45. The molecule has 4 nitrogen and oxygen atoms in total. The molecule has 5 heteroatoms. The van der Waals surface area contributed by atoms with Crippen LogP contribution in [0.1, 0.15) is 36.6 Å². The SMILES string of the molecule is N#CC(=Cc1cccc(Br)n1)C(=O)NC(c1ccccc1)C1CCC1. The maximum Gasteiger partial charge on any atom is 0.262 e. The highest BCUT2D eigenvalue weighted by molar-refractivity contribution is 9.10. The Bertz CT molecular complexity index is 822. The fourth-order valence-electron chi connectivity index (χ4n) is 2.93. The lowest BCUT2D eigenvalue weighted by Crippen LogP contribution is -2.36. The molecule has 25 heavy (non-hydrogen) atoms. The monoisotopic (exact) mass is 395 g/mol. The first-order chi connectivity index (χ1) is 12.2. The molecule has 1 N–H and O–H groups in total. The first-order valence-electron chi connectivity index (χ1n) is 8.27. The number of nitrogens with zero attached hydrogens (tertiary/aromatic N) is 2. The van der Waals surface area contributed by atoms with Crippen molar-refractivity contribution in [3.63, 3.8) is 0 Å². The van der Waals surface area contributed by atoms with Crippen LogP contribution in [0.2, 0.25) is 0 Å². The molecule has 1 fully saturated rings. The van der Waals surface area contributed by atoms with E-state index in [1.54, 1.807) is 12.1 Å². The Labute approximate surface area is 155 Å². The molecular formula is C20H18BrN3O.